The van der Waals surface area contributed by atoms with Crippen LogP contribution in [0.1, 0.15) is 22.6 Å². The molecule has 0 aliphatic carbocycles. The van der Waals surface area contributed by atoms with E-state index < -0.39 is 5.97 Å². The number of hydrogen-bond acceptors (Lipinski definition) is 5. The van der Waals surface area contributed by atoms with Crippen LogP contribution in [0.25, 0.3) is 11.0 Å². The van der Waals surface area contributed by atoms with Gasteiger partial charge in [0.15, 0.2) is 0 Å². The molecule has 140 valence electrons. The smallest absolute Gasteiger partial charge is 0.305 e. The molecule has 0 radical (unpaired) electrons. The van der Waals surface area contributed by atoms with Crippen molar-refractivity contribution in [3.63, 3.8) is 0 Å². The van der Waals surface area contributed by atoms with Gasteiger partial charge in [0.2, 0.25) is 0 Å². The molecule has 1 aromatic carbocycles. The largest absolute Gasteiger partial charge is 0.481 e. The fraction of sp³-hybridized carbons (Fsp3) is 0.500. The van der Waals surface area contributed by atoms with Crippen molar-refractivity contribution in [1.82, 2.24) is 25.1 Å². The molecule has 0 saturated carbocycles. The zero-order valence-corrected chi connectivity index (χ0v) is 15.0. The molecule has 1 saturated heterocycles. The lowest BCUT2D eigenvalue weighted by atomic mass is 10.2. The molecular weight excluding hydrogens is 334 g/mol. The Kier molecular flexibility index (Phi) is 5.85. The summed E-state index contributed by atoms with van der Waals surface area (Å²) in [5, 5.41) is 14.6. The topological polar surface area (TPSA) is 99.5 Å². The fourth-order valence-electron chi connectivity index (χ4n) is 3.19. The summed E-state index contributed by atoms with van der Waals surface area (Å²) in [5.41, 5.74) is 2.27. The van der Waals surface area contributed by atoms with E-state index in [2.05, 4.69) is 20.1 Å². The molecule has 2 aromatic rings. The van der Waals surface area contributed by atoms with Crippen molar-refractivity contribution in [2.75, 3.05) is 39.3 Å². The van der Waals surface area contributed by atoms with Crippen molar-refractivity contribution in [2.24, 2.45) is 7.05 Å². The number of nitrogens with zero attached hydrogens (tertiary/aromatic N) is 3. The first-order chi connectivity index (χ1) is 12.5. The van der Waals surface area contributed by atoms with Crippen LogP contribution in [0.5, 0.6) is 0 Å². The molecule has 0 bridgehead atoms. The molecule has 8 heteroatoms. The second-order valence-corrected chi connectivity index (χ2v) is 6.53. The van der Waals surface area contributed by atoms with E-state index in [1.165, 1.54) is 0 Å². The summed E-state index contributed by atoms with van der Waals surface area (Å²) < 4.78 is 2.07. The Bertz CT molecular complexity index is 795. The van der Waals surface area contributed by atoms with E-state index in [4.69, 9.17) is 10.1 Å². The summed E-state index contributed by atoms with van der Waals surface area (Å²) in [6.07, 6.45) is 0.777. The summed E-state index contributed by atoms with van der Waals surface area (Å²) in [7, 11) is 2.00. The number of carbonyl (C=O) groups excluding carboxylic acids is 1. The van der Waals surface area contributed by atoms with Crippen LogP contribution in [0.2, 0.25) is 0 Å². The van der Waals surface area contributed by atoms with Gasteiger partial charge in [-0.05, 0) is 18.2 Å². The Labute approximate surface area is 152 Å². The lowest BCUT2D eigenvalue weighted by molar-refractivity contribution is -0.136. The van der Waals surface area contributed by atoms with Gasteiger partial charge in [0.1, 0.15) is 5.82 Å². The number of carbonyl (C=O) groups is 2. The number of rotatable bonds is 7. The number of aliphatic carboxylic acids is 1. The van der Waals surface area contributed by atoms with E-state index in [1.54, 1.807) is 12.1 Å². The number of hydrogen-bond donors (Lipinski definition) is 3. The molecular formula is C18H25N5O3. The number of aryl methyl sites for hydroxylation is 1. The van der Waals surface area contributed by atoms with Gasteiger partial charge in [-0.3, -0.25) is 9.59 Å². The number of imidazole rings is 1. The highest BCUT2D eigenvalue weighted by Gasteiger charge is 2.14. The van der Waals surface area contributed by atoms with Gasteiger partial charge in [-0.2, -0.15) is 0 Å². The van der Waals surface area contributed by atoms with E-state index in [9.17, 15) is 9.59 Å². The molecule has 8 nitrogen and oxygen atoms in total. The molecule has 2 heterocycles. The molecule has 3 N–H and O–H groups in total. The average Bonchev–Trinajstić information content (AvgIpc) is 2.96. The van der Waals surface area contributed by atoms with Gasteiger partial charge in [-0.1, -0.05) is 0 Å². The first-order valence-electron chi connectivity index (χ1n) is 8.93. The molecule has 1 aliphatic rings. The Hall–Kier alpha value is -2.45. The Morgan fingerprint density at radius 3 is 2.81 bits per heavy atom. The number of fused-ring (bicyclic) bond motifs is 1. The van der Waals surface area contributed by atoms with Crippen molar-refractivity contribution >= 4 is 22.9 Å². The Balaban J connectivity index is 1.67. The molecule has 1 amide bonds. The van der Waals surface area contributed by atoms with Crippen LogP contribution in [-0.4, -0.2) is 70.7 Å². The van der Waals surface area contributed by atoms with Crippen LogP contribution in [0.4, 0.5) is 0 Å². The van der Waals surface area contributed by atoms with E-state index in [-0.39, 0.29) is 18.9 Å². The maximum Gasteiger partial charge on any atom is 0.305 e. The van der Waals surface area contributed by atoms with Crippen molar-refractivity contribution in [1.29, 1.82) is 0 Å². The van der Waals surface area contributed by atoms with Gasteiger partial charge in [0.05, 0.1) is 17.5 Å². The molecule has 0 unspecified atom stereocenters. The molecule has 26 heavy (non-hydrogen) atoms. The zero-order valence-electron chi connectivity index (χ0n) is 15.0. The highest BCUT2D eigenvalue weighted by Crippen LogP contribution is 2.17. The van der Waals surface area contributed by atoms with Gasteiger partial charge >= 0.3 is 5.97 Å². The van der Waals surface area contributed by atoms with E-state index in [0.29, 0.717) is 5.56 Å². The second kappa shape index (κ2) is 8.29. The summed E-state index contributed by atoms with van der Waals surface area (Å²) in [5.74, 6) is -0.206. The third-order valence-corrected chi connectivity index (χ3v) is 4.72. The highest BCUT2D eigenvalue weighted by molar-refractivity contribution is 5.97. The number of carboxylic acids is 1. The molecule has 3 rings (SSSR count). The zero-order chi connectivity index (χ0) is 18.5. The quantitative estimate of drug-likeness (QED) is 0.654. The Morgan fingerprint density at radius 2 is 2.08 bits per heavy atom. The first kappa shape index (κ1) is 18.3. The predicted molar refractivity (Wildman–Crippen MR) is 98.3 cm³/mol. The van der Waals surface area contributed by atoms with Gasteiger partial charge in [0, 0.05) is 58.3 Å². The summed E-state index contributed by atoms with van der Waals surface area (Å²) in [6.45, 7) is 5.27. The monoisotopic (exact) mass is 359 g/mol. The first-order valence-corrected chi connectivity index (χ1v) is 8.93. The summed E-state index contributed by atoms with van der Waals surface area (Å²) in [4.78, 5) is 29.8. The maximum atomic E-state index is 12.1. The SMILES string of the molecule is Cn1c(CCN2CCNCC2)nc2cc(C(=O)NCCC(=O)O)ccc21. The van der Waals surface area contributed by atoms with Gasteiger partial charge in [0.25, 0.3) is 5.91 Å². The normalized spacial score (nSPS) is 15.3. The standard InChI is InChI=1S/C18H25N5O3/c1-22-15-3-2-13(18(26)20-6-4-17(24)25)12-14(15)21-16(22)5-9-23-10-7-19-8-11-23/h2-3,12,19H,4-11H2,1H3,(H,20,26)(H,24,25). The minimum atomic E-state index is -0.931. The van der Waals surface area contributed by atoms with E-state index >= 15 is 0 Å². The van der Waals surface area contributed by atoms with Crippen LogP contribution < -0.4 is 10.6 Å². The third kappa shape index (κ3) is 4.39. The van der Waals surface area contributed by atoms with Crippen LogP contribution in [0.3, 0.4) is 0 Å². The number of nitrogens with one attached hydrogen (secondary N) is 2. The molecule has 0 atom stereocenters. The van der Waals surface area contributed by atoms with Crippen molar-refractivity contribution in [3.05, 3.63) is 29.6 Å². The number of carboxylic acid groups (broad SMARTS) is 1. The fourth-order valence-corrected chi connectivity index (χ4v) is 3.19. The highest BCUT2D eigenvalue weighted by atomic mass is 16.4. The Morgan fingerprint density at radius 1 is 1.31 bits per heavy atom. The van der Waals surface area contributed by atoms with E-state index in [0.717, 1.165) is 56.0 Å². The van der Waals surface area contributed by atoms with Crippen LogP contribution in [0.15, 0.2) is 18.2 Å². The molecule has 0 spiro atoms. The summed E-state index contributed by atoms with van der Waals surface area (Å²) in [6, 6.07) is 5.41. The van der Waals surface area contributed by atoms with Gasteiger partial charge in [-0.25, -0.2) is 4.98 Å². The van der Waals surface area contributed by atoms with Crippen LogP contribution in [-0.2, 0) is 18.3 Å². The van der Waals surface area contributed by atoms with Crippen molar-refractivity contribution in [2.45, 2.75) is 12.8 Å². The maximum absolute atomic E-state index is 12.1. The number of benzene rings is 1. The van der Waals surface area contributed by atoms with Crippen molar-refractivity contribution in [3.8, 4) is 0 Å². The lowest BCUT2D eigenvalue weighted by Gasteiger charge is -2.26. The minimum absolute atomic E-state index is 0.0895. The number of aromatic nitrogens is 2. The predicted octanol–water partition coefficient (Wildman–Crippen LogP) is 0.226. The van der Waals surface area contributed by atoms with Crippen LogP contribution in [0, 0.1) is 0 Å². The van der Waals surface area contributed by atoms with Gasteiger partial charge in [-0.15, -0.1) is 0 Å². The second-order valence-electron chi connectivity index (χ2n) is 6.53. The minimum Gasteiger partial charge on any atom is -0.481 e. The molecule has 1 fully saturated rings. The van der Waals surface area contributed by atoms with Crippen molar-refractivity contribution < 1.29 is 14.7 Å². The summed E-state index contributed by atoms with van der Waals surface area (Å²) >= 11 is 0. The number of amides is 1. The molecule has 1 aliphatic heterocycles. The van der Waals surface area contributed by atoms with Crippen LogP contribution >= 0.6 is 0 Å². The third-order valence-electron chi connectivity index (χ3n) is 4.72. The molecule has 1 aromatic heterocycles. The average molecular weight is 359 g/mol. The number of piperazine rings is 1. The lowest BCUT2D eigenvalue weighted by Crippen LogP contribution is -2.44. The van der Waals surface area contributed by atoms with Gasteiger partial charge < -0.3 is 25.2 Å². The van der Waals surface area contributed by atoms with E-state index in [1.807, 2.05) is 13.1 Å².